The fraction of sp³-hybridized carbons (Fsp3) is 0.286. The van der Waals surface area contributed by atoms with E-state index in [0.29, 0.717) is 5.75 Å². The van der Waals surface area contributed by atoms with Crippen molar-refractivity contribution >= 4 is 5.69 Å². The highest BCUT2D eigenvalue weighted by molar-refractivity contribution is 5.82. The van der Waals surface area contributed by atoms with Crippen LogP contribution < -0.4 is 14.8 Å². The number of nitrogens with zero attached hydrogens (tertiary/aromatic N) is 2. The van der Waals surface area contributed by atoms with Crippen LogP contribution in [0.2, 0.25) is 0 Å². The van der Waals surface area contributed by atoms with Gasteiger partial charge in [0, 0.05) is 16.8 Å². The van der Waals surface area contributed by atoms with Crippen LogP contribution in [-0.2, 0) is 0 Å². The number of methoxy groups -OCH3 is 2. The predicted octanol–water partition coefficient (Wildman–Crippen LogP) is 4.46. The maximum atomic E-state index is 5.49. The van der Waals surface area contributed by atoms with Crippen molar-refractivity contribution in [2.24, 2.45) is 0 Å². The Labute approximate surface area is 153 Å². The highest BCUT2D eigenvalue weighted by Gasteiger charge is 2.28. The molecule has 2 heterocycles. The van der Waals surface area contributed by atoms with Crippen LogP contribution in [0.4, 0.5) is 5.69 Å². The first-order valence-corrected chi connectivity index (χ1v) is 8.68. The number of hydrogen-bond acceptors (Lipinski definition) is 4. The molecule has 0 radical (unpaired) electrons. The van der Waals surface area contributed by atoms with Crippen LogP contribution in [0.5, 0.6) is 11.5 Å². The van der Waals surface area contributed by atoms with Crippen LogP contribution in [0.3, 0.4) is 0 Å². The molecule has 2 aromatic carbocycles. The Hall–Kier alpha value is -2.95. The average Bonchev–Trinajstić information content (AvgIpc) is 3.02. The Balaban J connectivity index is 1.89. The van der Waals surface area contributed by atoms with Gasteiger partial charge in [-0.05, 0) is 50.6 Å². The molecular weight excluding hydrogens is 326 g/mol. The van der Waals surface area contributed by atoms with Crippen LogP contribution in [0.15, 0.2) is 36.4 Å². The smallest absolute Gasteiger partial charge is 0.161 e. The normalized spacial score (nSPS) is 15.0. The second-order valence-electron chi connectivity index (χ2n) is 6.78. The van der Waals surface area contributed by atoms with Crippen molar-refractivity contribution in [1.82, 2.24) is 9.78 Å². The Kier molecular flexibility index (Phi) is 3.87. The lowest BCUT2D eigenvalue weighted by atomic mass is 9.98. The lowest BCUT2D eigenvalue weighted by Gasteiger charge is -2.31. The van der Waals surface area contributed by atoms with Crippen molar-refractivity contribution in [3.63, 3.8) is 0 Å². The summed E-state index contributed by atoms with van der Waals surface area (Å²) in [6.07, 6.45) is -0.104. The molecule has 134 valence electrons. The first-order valence-electron chi connectivity index (χ1n) is 8.68. The monoisotopic (exact) mass is 349 g/mol. The summed E-state index contributed by atoms with van der Waals surface area (Å²) in [5, 5.41) is 8.42. The van der Waals surface area contributed by atoms with E-state index in [-0.39, 0.29) is 6.17 Å². The number of fused-ring (bicyclic) bond motifs is 3. The molecule has 5 nitrogen and oxygen atoms in total. The van der Waals surface area contributed by atoms with Gasteiger partial charge < -0.3 is 14.8 Å². The van der Waals surface area contributed by atoms with Crippen molar-refractivity contribution in [2.75, 3.05) is 19.5 Å². The Bertz CT molecular complexity index is 991. The topological polar surface area (TPSA) is 48.3 Å². The molecule has 4 rings (SSSR count). The highest BCUT2D eigenvalue weighted by atomic mass is 16.5. The molecular formula is C21H23N3O2. The third-order valence-electron chi connectivity index (χ3n) is 4.86. The van der Waals surface area contributed by atoms with E-state index in [2.05, 4.69) is 42.0 Å². The van der Waals surface area contributed by atoms with Gasteiger partial charge in [0.05, 0.1) is 25.6 Å². The van der Waals surface area contributed by atoms with Gasteiger partial charge in [0.15, 0.2) is 11.5 Å². The molecule has 0 spiro atoms. The van der Waals surface area contributed by atoms with Gasteiger partial charge in [0.25, 0.3) is 0 Å². The molecule has 26 heavy (non-hydrogen) atoms. The molecule has 0 saturated heterocycles. The van der Waals surface area contributed by atoms with Crippen LogP contribution in [0, 0.1) is 20.8 Å². The zero-order valence-corrected chi connectivity index (χ0v) is 15.8. The third kappa shape index (κ3) is 2.51. The second-order valence-corrected chi connectivity index (χ2v) is 6.78. The summed E-state index contributed by atoms with van der Waals surface area (Å²) < 4.78 is 12.9. The molecule has 1 atom stereocenters. The van der Waals surface area contributed by atoms with Crippen molar-refractivity contribution in [1.29, 1.82) is 0 Å². The van der Waals surface area contributed by atoms with Gasteiger partial charge in [-0.2, -0.15) is 5.10 Å². The standard InChI is InChI=1S/C21H23N3O2/c1-12-8-13(2)20-16(9-12)17-10-14(3)23-24(17)21(22-20)15-6-7-18(25-4)19(11-15)26-5/h6-11,21-22H,1-5H3/t21-/m1/s1. The number of hydrogen-bond donors (Lipinski definition) is 1. The van der Waals surface area contributed by atoms with Gasteiger partial charge in [-0.1, -0.05) is 17.7 Å². The molecule has 1 aliphatic heterocycles. The lowest BCUT2D eigenvalue weighted by molar-refractivity contribution is 0.354. The zero-order chi connectivity index (χ0) is 18.4. The van der Waals surface area contributed by atoms with Crippen molar-refractivity contribution in [3.8, 4) is 22.8 Å². The van der Waals surface area contributed by atoms with Gasteiger partial charge in [-0.3, -0.25) is 0 Å². The quantitative estimate of drug-likeness (QED) is 0.758. The fourth-order valence-electron chi connectivity index (χ4n) is 3.72. The first kappa shape index (κ1) is 16.5. The summed E-state index contributed by atoms with van der Waals surface area (Å²) in [4.78, 5) is 0. The van der Waals surface area contributed by atoms with Crippen molar-refractivity contribution in [3.05, 3.63) is 58.8 Å². The molecule has 1 aliphatic rings. The zero-order valence-electron chi connectivity index (χ0n) is 15.8. The number of aromatic nitrogens is 2. The minimum Gasteiger partial charge on any atom is -0.493 e. The molecule has 0 unspecified atom stereocenters. The fourth-order valence-corrected chi connectivity index (χ4v) is 3.72. The number of nitrogens with one attached hydrogen (secondary N) is 1. The van der Waals surface area contributed by atoms with Gasteiger partial charge >= 0.3 is 0 Å². The summed E-state index contributed by atoms with van der Waals surface area (Å²) in [5.74, 6) is 1.43. The van der Waals surface area contributed by atoms with Gasteiger partial charge in [0.2, 0.25) is 0 Å². The van der Waals surface area contributed by atoms with E-state index in [4.69, 9.17) is 14.6 Å². The van der Waals surface area contributed by atoms with E-state index in [1.807, 2.05) is 25.1 Å². The number of rotatable bonds is 3. The SMILES string of the molecule is COc1ccc([C@@H]2Nc3c(C)cc(C)cc3-c3cc(C)nn32)cc1OC. The van der Waals surface area contributed by atoms with E-state index in [9.17, 15) is 0 Å². The Morgan fingerprint density at radius 1 is 0.962 bits per heavy atom. The van der Waals surface area contributed by atoms with E-state index in [1.54, 1.807) is 14.2 Å². The molecule has 1 N–H and O–H groups in total. The molecule has 5 heteroatoms. The number of benzene rings is 2. The maximum absolute atomic E-state index is 5.49. The van der Waals surface area contributed by atoms with Gasteiger partial charge in [-0.15, -0.1) is 0 Å². The number of ether oxygens (including phenoxy) is 2. The van der Waals surface area contributed by atoms with E-state index in [0.717, 1.165) is 28.4 Å². The summed E-state index contributed by atoms with van der Waals surface area (Å²) in [7, 11) is 3.30. The minimum absolute atomic E-state index is 0.104. The molecule has 0 saturated carbocycles. The van der Waals surface area contributed by atoms with Crippen LogP contribution in [-0.4, -0.2) is 24.0 Å². The van der Waals surface area contributed by atoms with Gasteiger partial charge in [-0.25, -0.2) is 4.68 Å². The van der Waals surface area contributed by atoms with Crippen LogP contribution in [0.1, 0.15) is 28.6 Å². The Morgan fingerprint density at radius 3 is 2.46 bits per heavy atom. The molecule has 0 aliphatic carbocycles. The third-order valence-corrected chi connectivity index (χ3v) is 4.86. The van der Waals surface area contributed by atoms with E-state index in [1.165, 1.54) is 16.7 Å². The minimum atomic E-state index is -0.104. The van der Waals surface area contributed by atoms with E-state index >= 15 is 0 Å². The maximum Gasteiger partial charge on any atom is 0.161 e. The van der Waals surface area contributed by atoms with Crippen LogP contribution in [0.25, 0.3) is 11.3 Å². The number of anilines is 1. The van der Waals surface area contributed by atoms with Crippen molar-refractivity contribution < 1.29 is 9.47 Å². The predicted molar refractivity (Wildman–Crippen MR) is 103 cm³/mol. The van der Waals surface area contributed by atoms with Crippen LogP contribution >= 0.6 is 0 Å². The second kappa shape index (κ2) is 6.09. The Morgan fingerprint density at radius 2 is 1.73 bits per heavy atom. The van der Waals surface area contributed by atoms with Crippen molar-refractivity contribution in [2.45, 2.75) is 26.9 Å². The molecule has 0 fully saturated rings. The summed E-state index contributed by atoms with van der Waals surface area (Å²) >= 11 is 0. The molecule has 0 amide bonds. The molecule has 0 bridgehead atoms. The van der Waals surface area contributed by atoms with E-state index < -0.39 is 0 Å². The first-order chi connectivity index (χ1) is 12.5. The highest BCUT2D eigenvalue weighted by Crippen LogP contribution is 2.42. The lowest BCUT2D eigenvalue weighted by Crippen LogP contribution is -2.26. The molecule has 1 aromatic heterocycles. The summed E-state index contributed by atoms with van der Waals surface area (Å²) in [6.45, 7) is 6.30. The average molecular weight is 349 g/mol. The number of aryl methyl sites for hydroxylation is 3. The van der Waals surface area contributed by atoms with Gasteiger partial charge in [0.1, 0.15) is 6.17 Å². The molecule has 3 aromatic rings. The summed E-state index contributed by atoms with van der Waals surface area (Å²) in [5.41, 5.74) is 8.02. The summed E-state index contributed by atoms with van der Waals surface area (Å²) in [6, 6.07) is 12.6. The largest absolute Gasteiger partial charge is 0.493 e.